The second-order valence-corrected chi connectivity index (χ2v) is 3.86. The highest BCUT2D eigenvalue weighted by Gasteiger charge is 2.07. The van der Waals surface area contributed by atoms with Crippen LogP contribution in [0.3, 0.4) is 0 Å². The zero-order chi connectivity index (χ0) is 11.4. The summed E-state index contributed by atoms with van der Waals surface area (Å²) in [6.07, 6.45) is 1.57. The Hall–Kier alpha value is -2.19. The molecule has 16 heavy (non-hydrogen) atoms. The van der Waals surface area contributed by atoms with Crippen LogP contribution in [-0.2, 0) is 0 Å². The lowest BCUT2D eigenvalue weighted by atomic mass is 10.2. The number of hydrogen-bond donors (Lipinski definition) is 1. The van der Waals surface area contributed by atoms with Gasteiger partial charge in [-0.05, 0) is 35.8 Å². The molecule has 0 saturated heterocycles. The summed E-state index contributed by atoms with van der Waals surface area (Å²) in [5.41, 5.74) is 1.12. The maximum absolute atomic E-state index is 11.7. The van der Waals surface area contributed by atoms with E-state index in [1.807, 2.05) is 6.07 Å². The van der Waals surface area contributed by atoms with Crippen LogP contribution in [0.15, 0.2) is 36.5 Å². The molecule has 2 rings (SSSR count). The zero-order valence-corrected chi connectivity index (χ0v) is 8.99. The molecule has 1 amide bonds. The van der Waals surface area contributed by atoms with Crippen molar-refractivity contribution in [3.05, 3.63) is 47.0 Å². The first kappa shape index (κ1) is 10.3. The molecule has 1 N–H and O–H groups in total. The molecular weight excluding hydrogens is 222 g/mol. The van der Waals surface area contributed by atoms with Crippen molar-refractivity contribution in [2.45, 2.75) is 0 Å². The highest BCUT2D eigenvalue weighted by atomic mass is 32.1. The topological polar surface area (TPSA) is 65.8 Å². The van der Waals surface area contributed by atoms with Crippen molar-refractivity contribution >= 4 is 23.1 Å². The van der Waals surface area contributed by atoms with Gasteiger partial charge in [0.1, 0.15) is 4.88 Å². The number of carbonyl (C=O) groups is 1. The summed E-state index contributed by atoms with van der Waals surface area (Å²) in [7, 11) is 0. The average Bonchev–Trinajstić information content (AvgIpc) is 2.83. The van der Waals surface area contributed by atoms with Gasteiger partial charge in [0.2, 0.25) is 0 Å². The number of amides is 1. The van der Waals surface area contributed by atoms with Crippen LogP contribution < -0.4 is 5.32 Å². The molecule has 1 aromatic heterocycles. The Morgan fingerprint density at radius 3 is 3.00 bits per heavy atom. The number of aromatic nitrogens is 1. The Kier molecular flexibility index (Phi) is 2.94. The molecule has 0 aliphatic rings. The summed E-state index contributed by atoms with van der Waals surface area (Å²) >= 11 is 1.13. The molecule has 1 aromatic carbocycles. The molecule has 0 aliphatic carbocycles. The van der Waals surface area contributed by atoms with Crippen LogP contribution in [0.1, 0.15) is 15.2 Å². The van der Waals surface area contributed by atoms with Crippen molar-refractivity contribution in [3.63, 3.8) is 0 Å². The molecule has 78 valence electrons. The molecule has 0 aliphatic heterocycles. The molecule has 0 saturated carbocycles. The Labute approximate surface area is 96.3 Å². The third-order valence-corrected chi connectivity index (χ3v) is 2.66. The SMILES string of the molecule is N#Cc1cccc(NC(=O)c2ccns2)c1. The standard InChI is InChI=1S/C11H7N3OS/c12-7-8-2-1-3-9(6-8)14-11(15)10-4-5-13-16-10/h1-6H,(H,14,15). The van der Waals surface area contributed by atoms with Crippen LogP contribution in [0.4, 0.5) is 5.69 Å². The number of hydrogen-bond acceptors (Lipinski definition) is 4. The van der Waals surface area contributed by atoms with Crippen molar-refractivity contribution in [2.24, 2.45) is 0 Å². The molecule has 0 bridgehead atoms. The molecule has 0 radical (unpaired) electrons. The summed E-state index contributed by atoms with van der Waals surface area (Å²) < 4.78 is 3.85. The third kappa shape index (κ3) is 2.24. The van der Waals surface area contributed by atoms with Gasteiger partial charge in [-0.1, -0.05) is 6.07 Å². The molecule has 2 aromatic rings. The Bertz CT molecular complexity index is 543. The fraction of sp³-hybridized carbons (Fsp3) is 0. The molecule has 0 spiro atoms. The number of nitrogens with one attached hydrogen (secondary N) is 1. The summed E-state index contributed by atoms with van der Waals surface area (Å²) in [5.74, 6) is -0.211. The van der Waals surface area contributed by atoms with Gasteiger partial charge in [-0.3, -0.25) is 4.79 Å². The van der Waals surface area contributed by atoms with E-state index in [0.717, 1.165) is 11.5 Å². The summed E-state index contributed by atoms with van der Waals surface area (Å²) in [6, 6.07) is 10.4. The van der Waals surface area contributed by atoms with Gasteiger partial charge in [-0.25, -0.2) is 4.37 Å². The predicted octanol–water partition coefficient (Wildman–Crippen LogP) is 2.27. The molecule has 0 unspecified atom stereocenters. The van der Waals surface area contributed by atoms with E-state index in [1.54, 1.807) is 36.5 Å². The van der Waals surface area contributed by atoms with Crippen molar-refractivity contribution in [3.8, 4) is 6.07 Å². The lowest BCUT2D eigenvalue weighted by Crippen LogP contribution is -2.09. The quantitative estimate of drug-likeness (QED) is 0.859. The lowest BCUT2D eigenvalue weighted by molar-refractivity contribution is 0.103. The van der Waals surface area contributed by atoms with Crippen molar-refractivity contribution in [1.82, 2.24) is 4.37 Å². The minimum absolute atomic E-state index is 0.211. The molecule has 1 heterocycles. The second kappa shape index (κ2) is 4.55. The highest BCUT2D eigenvalue weighted by molar-refractivity contribution is 7.08. The van der Waals surface area contributed by atoms with Gasteiger partial charge in [0.15, 0.2) is 0 Å². The fourth-order valence-corrected chi connectivity index (χ4v) is 1.68. The maximum atomic E-state index is 11.7. The second-order valence-electron chi connectivity index (χ2n) is 3.02. The molecule has 0 atom stereocenters. The predicted molar refractivity (Wildman–Crippen MR) is 61.2 cm³/mol. The van der Waals surface area contributed by atoms with Crippen molar-refractivity contribution in [1.29, 1.82) is 5.26 Å². The summed E-state index contributed by atoms with van der Waals surface area (Å²) in [6.45, 7) is 0. The smallest absolute Gasteiger partial charge is 0.267 e. The number of nitriles is 1. The van der Waals surface area contributed by atoms with E-state index in [9.17, 15) is 4.79 Å². The van der Waals surface area contributed by atoms with Gasteiger partial charge in [0.05, 0.1) is 11.6 Å². The Morgan fingerprint density at radius 1 is 1.44 bits per heavy atom. The third-order valence-electron chi connectivity index (χ3n) is 1.91. The van der Waals surface area contributed by atoms with Crippen LogP contribution in [0.2, 0.25) is 0 Å². The summed E-state index contributed by atoms with van der Waals surface area (Å²) in [4.78, 5) is 12.2. The maximum Gasteiger partial charge on any atom is 0.267 e. The van der Waals surface area contributed by atoms with Crippen LogP contribution in [-0.4, -0.2) is 10.3 Å². The van der Waals surface area contributed by atoms with Crippen molar-refractivity contribution in [2.75, 3.05) is 5.32 Å². The number of anilines is 1. The molecule has 5 heteroatoms. The van der Waals surface area contributed by atoms with E-state index in [4.69, 9.17) is 5.26 Å². The fourth-order valence-electron chi connectivity index (χ4n) is 1.19. The summed E-state index contributed by atoms with van der Waals surface area (Å²) in [5, 5.41) is 11.4. The minimum Gasteiger partial charge on any atom is -0.321 e. The van der Waals surface area contributed by atoms with E-state index in [0.29, 0.717) is 16.1 Å². The van der Waals surface area contributed by atoms with E-state index in [-0.39, 0.29) is 5.91 Å². The number of carbonyl (C=O) groups excluding carboxylic acids is 1. The average molecular weight is 229 g/mol. The first-order valence-electron chi connectivity index (χ1n) is 4.52. The van der Waals surface area contributed by atoms with Crippen LogP contribution in [0.25, 0.3) is 0 Å². The first-order valence-corrected chi connectivity index (χ1v) is 5.29. The van der Waals surface area contributed by atoms with E-state index >= 15 is 0 Å². The molecular formula is C11H7N3OS. The monoisotopic (exact) mass is 229 g/mol. The minimum atomic E-state index is -0.211. The molecule has 4 nitrogen and oxygen atoms in total. The molecule has 0 fully saturated rings. The van der Waals surface area contributed by atoms with E-state index in [2.05, 4.69) is 9.69 Å². The first-order chi connectivity index (χ1) is 7.79. The van der Waals surface area contributed by atoms with Gasteiger partial charge in [-0.2, -0.15) is 5.26 Å². The van der Waals surface area contributed by atoms with Crippen LogP contribution in [0.5, 0.6) is 0 Å². The largest absolute Gasteiger partial charge is 0.321 e. The van der Waals surface area contributed by atoms with Crippen LogP contribution >= 0.6 is 11.5 Å². The van der Waals surface area contributed by atoms with Crippen molar-refractivity contribution < 1.29 is 4.79 Å². The Balaban J connectivity index is 2.16. The normalized spacial score (nSPS) is 9.44. The van der Waals surface area contributed by atoms with Gasteiger partial charge in [0, 0.05) is 11.9 Å². The van der Waals surface area contributed by atoms with Gasteiger partial charge < -0.3 is 5.32 Å². The van der Waals surface area contributed by atoms with Gasteiger partial charge in [0.25, 0.3) is 5.91 Å². The number of rotatable bonds is 2. The Morgan fingerprint density at radius 2 is 2.31 bits per heavy atom. The van der Waals surface area contributed by atoms with E-state index < -0.39 is 0 Å². The number of benzene rings is 1. The van der Waals surface area contributed by atoms with Crippen LogP contribution in [0, 0.1) is 11.3 Å². The lowest BCUT2D eigenvalue weighted by Gasteiger charge is -2.02. The highest BCUT2D eigenvalue weighted by Crippen LogP contribution is 2.12. The van der Waals surface area contributed by atoms with Gasteiger partial charge >= 0.3 is 0 Å². The van der Waals surface area contributed by atoms with E-state index in [1.165, 1.54) is 0 Å². The van der Waals surface area contributed by atoms with Gasteiger partial charge in [-0.15, -0.1) is 0 Å². The zero-order valence-electron chi connectivity index (χ0n) is 8.18. The number of nitrogens with zero attached hydrogens (tertiary/aromatic N) is 2.